The van der Waals surface area contributed by atoms with E-state index >= 15 is 0 Å². The third-order valence-electron chi connectivity index (χ3n) is 5.74. The molecule has 1 spiro atoms. The van der Waals surface area contributed by atoms with Crippen LogP contribution in [0.4, 0.5) is 0 Å². The van der Waals surface area contributed by atoms with Gasteiger partial charge in [-0.15, -0.1) is 0 Å². The van der Waals surface area contributed by atoms with Gasteiger partial charge in [0, 0.05) is 12.0 Å². The van der Waals surface area contributed by atoms with Gasteiger partial charge in [0.05, 0.1) is 30.8 Å². The van der Waals surface area contributed by atoms with Gasteiger partial charge in [-0.05, 0) is 24.5 Å². The van der Waals surface area contributed by atoms with Crippen molar-refractivity contribution < 1.29 is 38.7 Å². The molecule has 146 valence electrons. The van der Waals surface area contributed by atoms with E-state index in [1.807, 2.05) is 0 Å². The largest absolute Gasteiger partial charge is 0.458 e. The number of aliphatic hydroxyl groups is 2. The van der Waals surface area contributed by atoms with Crippen LogP contribution in [-0.2, 0) is 28.5 Å². The van der Waals surface area contributed by atoms with Gasteiger partial charge in [-0.25, -0.2) is 9.59 Å². The van der Waals surface area contributed by atoms with Crippen LogP contribution in [-0.4, -0.2) is 65.6 Å². The molecule has 5 rings (SSSR count). The Morgan fingerprint density at radius 2 is 2.22 bits per heavy atom. The quantitative estimate of drug-likeness (QED) is 0.308. The SMILES string of the molecule is C=C(CO)C(=O)O[C@H]1C[C@@]23O[C@@H]2CC/C(=C/[C@@H]2OC(=O)C(=C)[C@@H]21)CO[C@H]3O. The van der Waals surface area contributed by atoms with Crippen molar-refractivity contribution in [1.29, 1.82) is 0 Å². The van der Waals surface area contributed by atoms with Crippen molar-refractivity contribution >= 4 is 11.9 Å². The first-order valence-corrected chi connectivity index (χ1v) is 8.92. The van der Waals surface area contributed by atoms with Gasteiger partial charge in [0.1, 0.15) is 17.8 Å². The summed E-state index contributed by atoms with van der Waals surface area (Å²) in [6.07, 6.45) is 0.352. The zero-order valence-electron chi connectivity index (χ0n) is 14.8. The fraction of sp³-hybridized carbons (Fsp3) is 0.579. The molecule has 8 nitrogen and oxygen atoms in total. The molecule has 0 aromatic heterocycles. The summed E-state index contributed by atoms with van der Waals surface area (Å²) < 4.78 is 22.4. The first-order chi connectivity index (χ1) is 12.9. The molecular formula is C19H22O8. The molecule has 0 radical (unpaired) electrons. The van der Waals surface area contributed by atoms with E-state index in [1.165, 1.54) is 0 Å². The minimum Gasteiger partial charge on any atom is -0.458 e. The summed E-state index contributed by atoms with van der Waals surface area (Å²) in [5.41, 5.74) is -0.0403. The van der Waals surface area contributed by atoms with E-state index in [-0.39, 0.29) is 30.3 Å². The lowest BCUT2D eigenvalue weighted by Crippen LogP contribution is -2.45. The molecule has 6 atom stereocenters. The van der Waals surface area contributed by atoms with E-state index in [9.17, 15) is 14.7 Å². The van der Waals surface area contributed by atoms with Crippen molar-refractivity contribution in [2.45, 2.75) is 49.5 Å². The van der Waals surface area contributed by atoms with Crippen molar-refractivity contribution in [2.75, 3.05) is 13.2 Å². The Morgan fingerprint density at radius 3 is 2.96 bits per heavy atom. The molecular weight excluding hydrogens is 356 g/mol. The van der Waals surface area contributed by atoms with Crippen molar-refractivity contribution in [3.63, 3.8) is 0 Å². The number of carbonyl (C=O) groups is 2. The maximum atomic E-state index is 12.3. The number of hydrogen-bond donors (Lipinski definition) is 2. The molecule has 2 bridgehead atoms. The van der Waals surface area contributed by atoms with Crippen molar-refractivity contribution in [3.8, 4) is 0 Å². The second-order valence-electron chi connectivity index (χ2n) is 7.42. The predicted molar refractivity (Wildman–Crippen MR) is 90.1 cm³/mol. The second kappa shape index (κ2) is 6.56. The van der Waals surface area contributed by atoms with Crippen LogP contribution < -0.4 is 0 Å². The summed E-state index contributed by atoms with van der Waals surface area (Å²) in [5.74, 6) is -1.95. The molecule has 4 heterocycles. The van der Waals surface area contributed by atoms with E-state index < -0.39 is 48.6 Å². The fourth-order valence-electron chi connectivity index (χ4n) is 4.13. The molecule has 0 amide bonds. The third kappa shape index (κ3) is 3.02. The molecule has 2 N–H and O–H groups in total. The summed E-state index contributed by atoms with van der Waals surface area (Å²) in [5, 5.41) is 19.7. The summed E-state index contributed by atoms with van der Waals surface area (Å²) >= 11 is 0. The number of rotatable bonds is 3. The van der Waals surface area contributed by atoms with E-state index in [2.05, 4.69) is 13.2 Å². The van der Waals surface area contributed by atoms with Crippen molar-refractivity contribution in [3.05, 3.63) is 36.0 Å². The average molecular weight is 378 g/mol. The molecule has 8 heteroatoms. The van der Waals surface area contributed by atoms with Crippen LogP contribution in [0.5, 0.6) is 0 Å². The van der Waals surface area contributed by atoms with Crippen LogP contribution in [0.15, 0.2) is 36.0 Å². The highest BCUT2D eigenvalue weighted by Crippen LogP contribution is 2.51. The molecule has 3 saturated heterocycles. The predicted octanol–water partition coefficient (Wildman–Crippen LogP) is 0.141. The molecule has 0 saturated carbocycles. The first-order valence-electron chi connectivity index (χ1n) is 8.92. The van der Waals surface area contributed by atoms with Crippen LogP contribution >= 0.6 is 0 Å². The Kier molecular flexibility index (Phi) is 4.46. The van der Waals surface area contributed by atoms with E-state index in [0.29, 0.717) is 12.8 Å². The number of aliphatic hydroxyl groups excluding tert-OH is 2. The highest BCUT2D eigenvalue weighted by molar-refractivity contribution is 5.92. The zero-order chi connectivity index (χ0) is 19.3. The Morgan fingerprint density at radius 1 is 1.44 bits per heavy atom. The third-order valence-corrected chi connectivity index (χ3v) is 5.74. The van der Waals surface area contributed by atoms with Gasteiger partial charge in [0.2, 0.25) is 0 Å². The van der Waals surface area contributed by atoms with E-state index in [1.54, 1.807) is 6.08 Å². The molecule has 0 aromatic rings. The summed E-state index contributed by atoms with van der Waals surface area (Å²) in [6, 6.07) is 0. The monoisotopic (exact) mass is 378 g/mol. The Bertz CT molecular complexity index is 740. The minimum absolute atomic E-state index is 0.109. The zero-order valence-corrected chi connectivity index (χ0v) is 14.8. The second-order valence-corrected chi connectivity index (χ2v) is 7.42. The highest BCUT2D eigenvalue weighted by atomic mass is 16.7. The lowest BCUT2D eigenvalue weighted by Gasteiger charge is -2.33. The average Bonchev–Trinajstić information content (AvgIpc) is 3.26. The molecule has 4 aliphatic heterocycles. The lowest BCUT2D eigenvalue weighted by molar-refractivity contribution is -0.163. The fourth-order valence-corrected chi connectivity index (χ4v) is 4.13. The smallest absolute Gasteiger partial charge is 0.336 e. The van der Waals surface area contributed by atoms with Crippen molar-refractivity contribution in [1.82, 2.24) is 0 Å². The Balaban J connectivity index is 1.74. The first kappa shape index (κ1) is 18.4. The van der Waals surface area contributed by atoms with Gasteiger partial charge in [0.25, 0.3) is 0 Å². The van der Waals surface area contributed by atoms with Gasteiger partial charge in [-0.2, -0.15) is 0 Å². The van der Waals surface area contributed by atoms with Gasteiger partial charge in [-0.3, -0.25) is 0 Å². The molecule has 3 fully saturated rings. The molecule has 5 aliphatic rings. The number of ether oxygens (including phenoxy) is 4. The lowest BCUT2D eigenvalue weighted by atomic mass is 9.81. The standard InChI is InChI=1S/C19H22O8/c1-9(7-20)16(21)26-13-6-19-14(27-19)4-3-11(8-24-18(19)23)5-12-15(13)10(2)17(22)25-12/h5,12-15,18,20,23H,1-4,6-8H2/b11-5-/t12-,13-,14+,15-,18+,19+/m0/s1. The highest BCUT2D eigenvalue weighted by Gasteiger charge is 2.65. The number of fused-ring (bicyclic) bond motifs is 4. The topological polar surface area (TPSA) is 115 Å². The number of carbonyl (C=O) groups excluding carboxylic acids is 2. The van der Waals surface area contributed by atoms with Crippen LogP contribution in [0.1, 0.15) is 19.3 Å². The molecule has 0 unspecified atom stereocenters. The van der Waals surface area contributed by atoms with Crippen LogP contribution in [0.3, 0.4) is 0 Å². The van der Waals surface area contributed by atoms with Crippen LogP contribution in [0.25, 0.3) is 0 Å². The summed E-state index contributed by atoms with van der Waals surface area (Å²) in [4.78, 5) is 24.4. The molecule has 1 aliphatic carbocycles. The minimum atomic E-state index is -1.18. The number of hydrogen-bond acceptors (Lipinski definition) is 8. The normalized spacial score (nSPS) is 42.1. The molecule has 0 aromatic carbocycles. The maximum Gasteiger partial charge on any atom is 0.336 e. The van der Waals surface area contributed by atoms with Gasteiger partial charge < -0.3 is 29.2 Å². The van der Waals surface area contributed by atoms with Crippen LogP contribution in [0.2, 0.25) is 0 Å². The van der Waals surface area contributed by atoms with Gasteiger partial charge in [-0.1, -0.05) is 13.2 Å². The van der Waals surface area contributed by atoms with E-state index in [0.717, 1.165) is 5.57 Å². The van der Waals surface area contributed by atoms with Gasteiger partial charge in [0.15, 0.2) is 6.29 Å². The Labute approximate surface area is 156 Å². The molecule has 27 heavy (non-hydrogen) atoms. The van der Waals surface area contributed by atoms with Gasteiger partial charge >= 0.3 is 11.9 Å². The number of esters is 2. The van der Waals surface area contributed by atoms with Crippen LogP contribution in [0, 0.1) is 5.92 Å². The maximum absolute atomic E-state index is 12.3. The van der Waals surface area contributed by atoms with E-state index in [4.69, 9.17) is 24.1 Å². The number of epoxide rings is 1. The summed E-state index contributed by atoms with van der Waals surface area (Å²) in [7, 11) is 0. The summed E-state index contributed by atoms with van der Waals surface area (Å²) in [6.45, 7) is 6.95. The van der Waals surface area contributed by atoms with Crippen molar-refractivity contribution in [2.24, 2.45) is 5.92 Å². The Hall–Kier alpha value is -2.00.